The summed E-state index contributed by atoms with van der Waals surface area (Å²) in [6.45, 7) is 1.27. The van der Waals surface area contributed by atoms with Crippen LogP contribution in [0.2, 0.25) is 0 Å². The fourth-order valence-electron chi connectivity index (χ4n) is 1.70. The van der Waals surface area contributed by atoms with Crippen molar-refractivity contribution < 1.29 is 9.47 Å². The van der Waals surface area contributed by atoms with Crippen LogP contribution in [0.1, 0.15) is 6.42 Å². The van der Waals surface area contributed by atoms with Gasteiger partial charge >= 0.3 is 0 Å². The lowest BCUT2D eigenvalue weighted by Crippen LogP contribution is -2.05. The van der Waals surface area contributed by atoms with Crippen LogP contribution in [0, 0.1) is 0 Å². The molecule has 1 N–H and O–H groups in total. The lowest BCUT2D eigenvalue weighted by Gasteiger charge is -2.07. The minimum Gasteiger partial charge on any atom is -0.489 e. The Morgan fingerprint density at radius 1 is 1.19 bits per heavy atom. The zero-order valence-corrected chi connectivity index (χ0v) is 8.53. The lowest BCUT2D eigenvalue weighted by atomic mass is 10.2. The fourth-order valence-corrected chi connectivity index (χ4v) is 1.70. The van der Waals surface area contributed by atoms with Crippen LogP contribution in [0.15, 0.2) is 23.1 Å². The number of ether oxygens (including phenoxy) is 2. The molecule has 5 heteroatoms. The van der Waals surface area contributed by atoms with E-state index in [9.17, 15) is 4.79 Å². The molecule has 0 spiro atoms. The van der Waals surface area contributed by atoms with Crippen molar-refractivity contribution in [2.24, 2.45) is 0 Å². The molecule has 0 saturated carbocycles. The first kappa shape index (κ1) is 9.21. The highest BCUT2D eigenvalue weighted by atomic mass is 16.5. The van der Waals surface area contributed by atoms with Gasteiger partial charge in [-0.2, -0.15) is 0 Å². The number of hydrogen-bond acceptors (Lipinski definition) is 4. The third-order valence-corrected chi connectivity index (χ3v) is 2.44. The molecule has 1 aliphatic heterocycles. The molecule has 1 aromatic carbocycles. The topological polar surface area (TPSA) is 64.2 Å². The predicted octanol–water partition coefficient (Wildman–Crippen LogP) is 1.08. The Morgan fingerprint density at radius 2 is 1.94 bits per heavy atom. The molecular formula is C11H10N2O3. The quantitative estimate of drug-likeness (QED) is 0.718. The first-order valence-corrected chi connectivity index (χ1v) is 5.11. The molecule has 16 heavy (non-hydrogen) atoms. The highest BCUT2D eigenvalue weighted by molar-refractivity contribution is 5.78. The number of fused-ring (bicyclic) bond motifs is 2. The second-order valence-electron chi connectivity index (χ2n) is 3.61. The summed E-state index contributed by atoms with van der Waals surface area (Å²) in [5.74, 6) is 1.35. The van der Waals surface area contributed by atoms with Crippen molar-refractivity contribution in [3.8, 4) is 11.5 Å². The van der Waals surface area contributed by atoms with Gasteiger partial charge in [-0.1, -0.05) is 0 Å². The van der Waals surface area contributed by atoms with Crippen LogP contribution in [0.3, 0.4) is 0 Å². The van der Waals surface area contributed by atoms with E-state index in [4.69, 9.17) is 9.47 Å². The van der Waals surface area contributed by atoms with Gasteiger partial charge in [0, 0.05) is 18.6 Å². The number of rotatable bonds is 0. The van der Waals surface area contributed by atoms with Crippen LogP contribution in [-0.2, 0) is 0 Å². The van der Waals surface area contributed by atoms with Gasteiger partial charge in [0.25, 0.3) is 5.56 Å². The second kappa shape index (κ2) is 3.52. The Morgan fingerprint density at radius 3 is 2.75 bits per heavy atom. The standard InChI is InChI=1S/C11H10N2O3/c14-11-6-12-7-4-9-10(5-8(7)13-11)16-3-1-2-15-9/h4-6H,1-3H2,(H,13,14). The molecule has 5 nitrogen and oxygen atoms in total. The minimum atomic E-state index is -0.220. The second-order valence-corrected chi connectivity index (χ2v) is 3.61. The van der Waals surface area contributed by atoms with Crippen molar-refractivity contribution >= 4 is 11.0 Å². The maximum absolute atomic E-state index is 11.1. The van der Waals surface area contributed by atoms with Crippen molar-refractivity contribution in [1.82, 2.24) is 9.97 Å². The van der Waals surface area contributed by atoms with Crippen LogP contribution >= 0.6 is 0 Å². The molecule has 0 amide bonds. The Balaban J connectivity index is 2.24. The predicted molar refractivity (Wildman–Crippen MR) is 58.0 cm³/mol. The van der Waals surface area contributed by atoms with Gasteiger partial charge in [0.15, 0.2) is 11.5 Å². The Kier molecular flexibility index (Phi) is 2.02. The summed E-state index contributed by atoms with van der Waals surface area (Å²) in [6.07, 6.45) is 2.11. The smallest absolute Gasteiger partial charge is 0.266 e. The normalized spacial score (nSPS) is 14.8. The van der Waals surface area contributed by atoms with Crippen LogP contribution < -0.4 is 15.0 Å². The first-order valence-electron chi connectivity index (χ1n) is 5.11. The number of nitrogens with zero attached hydrogens (tertiary/aromatic N) is 1. The van der Waals surface area contributed by atoms with Crippen molar-refractivity contribution in [2.45, 2.75) is 6.42 Å². The zero-order valence-electron chi connectivity index (χ0n) is 8.53. The summed E-state index contributed by atoms with van der Waals surface area (Å²) < 4.78 is 11.1. The van der Waals surface area contributed by atoms with Crippen LogP contribution in [0.25, 0.3) is 11.0 Å². The van der Waals surface area contributed by atoms with Crippen LogP contribution in [-0.4, -0.2) is 23.2 Å². The molecule has 0 unspecified atom stereocenters. The number of aromatic amines is 1. The number of hydrogen-bond donors (Lipinski definition) is 1. The molecule has 2 heterocycles. The van der Waals surface area contributed by atoms with E-state index in [-0.39, 0.29) is 5.56 Å². The third-order valence-electron chi connectivity index (χ3n) is 2.44. The zero-order chi connectivity index (χ0) is 11.0. The Bertz CT molecular complexity index is 591. The number of H-pyrrole nitrogens is 1. The van der Waals surface area contributed by atoms with Crippen LogP contribution in [0.5, 0.6) is 11.5 Å². The molecule has 1 aliphatic rings. The first-order chi connectivity index (χ1) is 7.83. The molecule has 82 valence electrons. The fraction of sp³-hybridized carbons (Fsp3) is 0.273. The van der Waals surface area contributed by atoms with Gasteiger partial charge in [0.05, 0.1) is 30.4 Å². The van der Waals surface area contributed by atoms with Crippen molar-refractivity contribution in [3.05, 3.63) is 28.7 Å². The summed E-state index contributed by atoms with van der Waals surface area (Å²) in [5.41, 5.74) is 1.14. The minimum absolute atomic E-state index is 0.220. The van der Waals surface area contributed by atoms with Gasteiger partial charge in [-0.05, 0) is 0 Å². The number of nitrogens with one attached hydrogen (secondary N) is 1. The third kappa shape index (κ3) is 1.50. The molecule has 0 saturated heterocycles. The summed E-state index contributed by atoms with van der Waals surface area (Å²) in [4.78, 5) is 17.9. The molecule has 0 fully saturated rings. The monoisotopic (exact) mass is 218 g/mol. The van der Waals surface area contributed by atoms with Gasteiger partial charge < -0.3 is 14.5 Å². The maximum Gasteiger partial charge on any atom is 0.266 e. The highest BCUT2D eigenvalue weighted by Gasteiger charge is 2.12. The SMILES string of the molecule is O=c1cnc2cc3c(cc2[nH]1)OCCCO3. The van der Waals surface area contributed by atoms with E-state index in [0.717, 1.165) is 6.42 Å². The van der Waals surface area contributed by atoms with E-state index in [1.165, 1.54) is 6.20 Å². The van der Waals surface area contributed by atoms with E-state index in [1.54, 1.807) is 12.1 Å². The lowest BCUT2D eigenvalue weighted by molar-refractivity contribution is 0.297. The molecule has 0 radical (unpaired) electrons. The van der Waals surface area contributed by atoms with E-state index in [2.05, 4.69) is 9.97 Å². The van der Waals surface area contributed by atoms with Gasteiger partial charge in [-0.15, -0.1) is 0 Å². The average Bonchev–Trinajstić information content (AvgIpc) is 2.50. The van der Waals surface area contributed by atoms with E-state index in [1.807, 2.05) is 0 Å². The summed E-state index contributed by atoms with van der Waals surface area (Å²) in [6, 6.07) is 3.54. The molecule has 3 rings (SSSR count). The Labute approximate surface area is 91.0 Å². The van der Waals surface area contributed by atoms with E-state index < -0.39 is 0 Å². The molecule has 0 aliphatic carbocycles. The summed E-state index contributed by atoms with van der Waals surface area (Å²) in [5, 5.41) is 0. The number of benzene rings is 1. The van der Waals surface area contributed by atoms with Crippen molar-refractivity contribution in [2.75, 3.05) is 13.2 Å². The molecule has 0 bridgehead atoms. The largest absolute Gasteiger partial charge is 0.489 e. The summed E-state index contributed by atoms with van der Waals surface area (Å²) >= 11 is 0. The van der Waals surface area contributed by atoms with Crippen molar-refractivity contribution in [3.63, 3.8) is 0 Å². The van der Waals surface area contributed by atoms with Gasteiger partial charge in [-0.3, -0.25) is 4.79 Å². The number of aromatic nitrogens is 2. The highest BCUT2D eigenvalue weighted by Crippen LogP contribution is 2.32. The van der Waals surface area contributed by atoms with E-state index in [0.29, 0.717) is 35.7 Å². The van der Waals surface area contributed by atoms with Crippen molar-refractivity contribution in [1.29, 1.82) is 0 Å². The Hall–Kier alpha value is -2.04. The van der Waals surface area contributed by atoms with Gasteiger partial charge in [-0.25, -0.2) is 4.98 Å². The molecule has 0 atom stereocenters. The summed E-state index contributed by atoms with van der Waals surface area (Å²) in [7, 11) is 0. The maximum atomic E-state index is 11.1. The van der Waals surface area contributed by atoms with E-state index >= 15 is 0 Å². The molecule has 1 aromatic heterocycles. The average molecular weight is 218 g/mol. The van der Waals surface area contributed by atoms with Gasteiger partial charge in [0.2, 0.25) is 0 Å². The molecular weight excluding hydrogens is 208 g/mol. The molecule has 2 aromatic rings. The van der Waals surface area contributed by atoms with Crippen LogP contribution in [0.4, 0.5) is 0 Å². The van der Waals surface area contributed by atoms with Gasteiger partial charge in [0.1, 0.15) is 0 Å².